The third kappa shape index (κ3) is 5.52. The van der Waals surface area contributed by atoms with Crippen LogP contribution in [0.3, 0.4) is 0 Å². The molecule has 3 heterocycles. The summed E-state index contributed by atoms with van der Waals surface area (Å²) in [6.07, 6.45) is 1.35. The van der Waals surface area contributed by atoms with E-state index in [1.54, 1.807) is 33.8 Å². The maximum Gasteiger partial charge on any atom is 0.272 e. The van der Waals surface area contributed by atoms with Crippen LogP contribution in [-0.4, -0.2) is 37.7 Å². The first-order chi connectivity index (χ1) is 19.4. The fraction of sp³-hybridized carbons (Fsp3) is 0.200. The van der Waals surface area contributed by atoms with Gasteiger partial charge in [0, 0.05) is 28.1 Å². The first kappa shape index (κ1) is 27.3. The molecule has 1 unspecified atom stereocenters. The molecule has 10 heteroatoms. The van der Waals surface area contributed by atoms with Crippen LogP contribution in [-0.2, 0) is 11.2 Å². The molecule has 0 saturated carbocycles. The van der Waals surface area contributed by atoms with E-state index in [4.69, 9.17) is 21.7 Å². The summed E-state index contributed by atoms with van der Waals surface area (Å²) in [6, 6.07) is 23.1. The molecule has 6 rings (SSSR count). The Kier molecular flexibility index (Phi) is 7.90. The summed E-state index contributed by atoms with van der Waals surface area (Å²) in [5, 5.41) is 7.49. The minimum absolute atomic E-state index is 0.0887. The summed E-state index contributed by atoms with van der Waals surface area (Å²) in [6.45, 7) is 2.05. The minimum atomic E-state index is -0.213. The Labute approximate surface area is 254 Å². The topological polar surface area (TPSA) is 67.6 Å². The average molecular weight is 652 g/mol. The van der Waals surface area contributed by atoms with Crippen molar-refractivity contribution in [3.05, 3.63) is 115 Å². The molecule has 2 aliphatic heterocycles. The van der Waals surface area contributed by atoms with E-state index < -0.39 is 0 Å². The molecule has 3 aromatic carbocycles. The summed E-state index contributed by atoms with van der Waals surface area (Å²) < 4.78 is 2.57. The van der Waals surface area contributed by atoms with Gasteiger partial charge in [-0.15, -0.1) is 11.8 Å². The van der Waals surface area contributed by atoms with Crippen LogP contribution in [0.2, 0.25) is 5.02 Å². The van der Waals surface area contributed by atoms with Crippen LogP contribution in [0.1, 0.15) is 34.8 Å². The molecule has 2 aliphatic rings. The number of benzene rings is 3. The van der Waals surface area contributed by atoms with Gasteiger partial charge in [-0.1, -0.05) is 81.3 Å². The quantitative estimate of drug-likeness (QED) is 0.165. The zero-order valence-corrected chi connectivity index (χ0v) is 25.5. The van der Waals surface area contributed by atoms with Crippen LogP contribution in [0.5, 0.6) is 0 Å². The number of aryl methyl sites for hydroxylation is 2. The SMILES string of the molecule is Cc1ccc(C2CC(c3ccc(Br)cc3)=NN2C(=O)CSc2nc3c(c(=O)n2-c2ccc(Cl)cc2)SCC3)cc1. The normalized spacial score (nSPS) is 16.2. The number of aromatic nitrogens is 2. The summed E-state index contributed by atoms with van der Waals surface area (Å²) in [5.74, 6) is 0.769. The highest BCUT2D eigenvalue weighted by Gasteiger charge is 2.33. The van der Waals surface area contributed by atoms with E-state index in [1.807, 2.05) is 31.2 Å². The number of nitrogens with zero attached hydrogens (tertiary/aromatic N) is 4. The van der Waals surface area contributed by atoms with Crippen molar-refractivity contribution in [1.29, 1.82) is 0 Å². The number of carbonyl (C=O) groups is 1. The molecule has 0 fully saturated rings. The van der Waals surface area contributed by atoms with E-state index in [1.165, 1.54) is 23.5 Å². The molecule has 1 aromatic heterocycles. The Hall–Kier alpha value is -2.85. The second kappa shape index (κ2) is 11.6. The molecule has 0 aliphatic carbocycles. The smallest absolute Gasteiger partial charge is 0.272 e. The van der Waals surface area contributed by atoms with Crippen molar-refractivity contribution in [2.45, 2.75) is 35.9 Å². The van der Waals surface area contributed by atoms with Crippen molar-refractivity contribution in [1.82, 2.24) is 14.6 Å². The fourth-order valence-electron chi connectivity index (χ4n) is 4.80. The molecule has 0 saturated heterocycles. The number of hydrazone groups is 1. The van der Waals surface area contributed by atoms with E-state index in [9.17, 15) is 9.59 Å². The second-order valence-electron chi connectivity index (χ2n) is 9.60. The molecule has 1 atom stereocenters. The predicted molar refractivity (Wildman–Crippen MR) is 166 cm³/mol. The van der Waals surface area contributed by atoms with Gasteiger partial charge in [-0.2, -0.15) is 5.10 Å². The lowest BCUT2D eigenvalue weighted by molar-refractivity contribution is -0.130. The van der Waals surface area contributed by atoms with Gasteiger partial charge in [-0.3, -0.25) is 14.2 Å². The van der Waals surface area contributed by atoms with Crippen molar-refractivity contribution < 1.29 is 4.79 Å². The Morgan fingerprint density at radius 1 is 1.07 bits per heavy atom. The number of fused-ring (bicyclic) bond motifs is 1. The van der Waals surface area contributed by atoms with Crippen molar-refractivity contribution in [2.75, 3.05) is 11.5 Å². The third-order valence-corrected chi connectivity index (χ3v) is 9.69. The van der Waals surface area contributed by atoms with Crippen molar-refractivity contribution >= 4 is 62.7 Å². The van der Waals surface area contributed by atoms with Crippen LogP contribution in [0.4, 0.5) is 0 Å². The summed E-state index contributed by atoms with van der Waals surface area (Å²) in [5.41, 5.74) is 5.39. The number of rotatable bonds is 6. The summed E-state index contributed by atoms with van der Waals surface area (Å²) in [4.78, 5) is 32.8. The molecule has 4 aromatic rings. The Balaban J connectivity index is 1.32. The highest BCUT2D eigenvalue weighted by Crippen LogP contribution is 2.35. The zero-order valence-electron chi connectivity index (χ0n) is 21.5. The first-order valence-corrected chi connectivity index (χ1v) is 15.9. The van der Waals surface area contributed by atoms with E-state index in [0.29, 0.717) is 27.2 Å². The number of hydrogen-bond donors (Lipinski definition) is 0. The van der Waals surface area contributed by atoms with E-state index >= 15 is 0 Å². The Bertz CT molecular complexity index is 1670. The standard InChI is InChI=1S/C30H24BrClN4O2S2/c1-18-2-4-20(5-3-18)26-16-25(19-6-8-21(31)9-7-19)34-36(26)27(37)17-40-30-33-24-14-15-39-28(24)29(38)35(30)23-12-10-22(32)11-13-23/h2-13,26H,14-17H2,1H3. The molecular weight excluding hydrogens is 628 g/mol. The van der Waals surface area contributed by atoms with Gasteiger partial charge in [0.05, 0.1) is 33.8 Å². The van der Waals surface area contributed by atoms with E-state index in [0.717, 1.165) is 44.7 Å². The fourth-order valence-corrected chi connectivity index (χ4v) is 7.10. The van der Waals surface area contributed by atoms with Crippen molar-refractivity contribution in [3.8, 4) is 5.69 Å². The molecule has 0 N–H and O–H groups in total. The number of hydrogen-bond acceptors (Lipinski definition) is 6. The molecule has 1 amide bonds. The molecule has 0 spiro atoms. The zero-order chi connectivity index (χ0) is 27.8. The van der Waals surface area contributed by atoms with Crippen molar-refractivity contribution in [2.24, 2.45) is 5.10 Å². The number of thioether (sulfide) groups is 2. The Morgan fingerprint density at radius 3 is 2.52 bits per heavy atom. The molecule has 40 heavy (non-hydrogen) atoms. The van der Waals surface area contributed by atoms with E-state index in [-0.39, 0.29) is 23.3 Å². The molecule has 0 bridgehead atoms. The average Bonchev–Trinajstić information content (AvgIpc) is 3.62. The van der Waals surface area contributed by atoms with Gasteiger partial charge >= 0.3 is 0 Å². The van der Waals surface area contributed by atoms with Gasteiger partial charge in [0.1, 0.15) is 0 Å². The maximum atomic E-state index is 13.8. The highest BCUT2D eigenvalue weighted by atomic mass is 79.9. The highest BCUT2D eigenvalue weighted by molar-refractivity contribution is 9.10. The van der Waals surface area contributed by atoms with Gasteiger partial charge in [-0.25, -0.2) is 9.99 Å². The Morgan fingerprint density at radius 2 is 1.80 bits per heavy atom. The van der Waals surface area contributed by atoms with Crippen LogP contribution in [0, 0.1) is 6.92 Å². The lowest BCUT2D eigenvalue weighted by Crippen LogP contribution is -2.29. The number of halogens is 2. The monoisotopic (exact) mass is 650 g/mol. The molecular formula is C30H24BrClN4O2S2. The maximum absolute atomic E-state index is 13.8. The number of amides is 1. The van der Waals surface area contributed by atoms with Crippen LogP contribution in [0.25, 0.3) is 5.69 Å². The minimum Gasteiger partial charge on any atom is -0.272 e. The van der Waals surface area contributed by atoms with Gasteiger partial charge < -0.3 is 0 Å². The van der Waals surface area contributed by atoms with Gasteiger partial charge in [0.15, 0.2) is 5.16 Å². The van der Waals surface area contributed by atoms with Gasteiger partial charge in [-0.05, 0) is 54.4 Å². The first-order valence-electron chi connectivity index (χ1n) is 12.8. The van der Waals surface area contributed by atoms with Crippen LogP contribution >= 0.6 is 51.1 Å². The third-order valence-electron chi connectivity index (χ3n) is 6.88. The van der Waals surface area contributed by atoms with Crippen LogP contribution in [0.15, 0.2) is 97.2 Å². The summed E-state index contributed by atoms with van der Waals surface area (Å²) in [7, 11) is 0. The molecule has 0 radical (unpaired) electrons. The largest absolute Gasteiger partial charge is 0.272 e. The number of carbonyl (C=O) groups excluding carboxylic acids is 1. The second-order valence-corrected chi connectivity index (χ2v) is 13.0. The van der Waals surface area contributed by atoms with Gasteiger partial charge in [0.2, 0.25) is 0 Å². The van der Waals surface area contributed by atoms with Crippen LogP contribution < -0.4 is 5.56 Å². The predicted octanol–water partition coefficient (Wildman–Crippen LogP) is 7.08. The lowest BCUT2D eigenvalue weighted by atomic mass is 9.98. The molecule has 6 nitrogen and oxygen atoms in total. The summed E-state index contributed by atoms with van der Waals surface area (Å²) >= 11 is 12.4. The van der Waals surface area contributed by atoms with Crippen molar-refractivity contribution in [3.63, 3.8) is 0 Å². The van der Waals surface area contributed by atoms with E-state index in [2.05, 4.69) is 40.2 Å². The molecule has 202 valence electrons. The van der Waals surface area contributed by atoms with Gasteiger partial charge in [0.25, 0.3) is 11.5 Å². The lowest BCUT2D eigenvalue weighted by Gasteiger charge is -2.22.